The van der Waals surface area contributed by atoms with Gasteiger partial charge in [0.15, 0.2) is 5.79 Å². The van der Waals surface area contributed by atoms with Gasteiger partial charge in [0, 0.05) is 9.84 Å². The first kappa shape index (κ1) is 19.8. The molecule has 5 aliphatic rings. The second-order valence-electron chi connectivity index (χ2n) is 10.9. The van der Waals surface area contributed by atoms with Crippen molar-refractivity contribution in [2.75, 3.05) is 0 Å². The highest BCUT2D eigenvalue weighted by atomic mass is 127. The third-order valence-electron chi connectivity index (χ3n) is 8.91. The molecule has 1 saturated heterocycles. The van der Waals surface area contributed by atoms with Crippen LogP contribution >= 0.6 is 22.6 Å². The monoisotopic (exact) mass is 514 g/mol. The first-order valence-corrected chi connectivity index (χ1v) is 12.7. The number of alkyl halides is 1. The number of fused-ring (bicyclic) bond motifs is 1. The van der Waals surface area contributed by atoms with E-state index < -0.39 is 5.79 Å². The quantitative estimate of drug-likeness (QED) is 0.321. The van der Waals surface area contributed by atoms with Gasteiger partial charge in [-0.15, -0.1) is 0 Å². The van der Waals surface area contributed by atoms with Crippen LogP contribution in [0, 0.1) is 17.3 Å². The van der Waals surface area contributed by atoms with Crippen LogP contribution in [0.15, 0.2) is 54.6 Å². The number of ether oxygens (including phenoxy) is 2. The van der Waals surface area contributed by atoms with Crippen molar-refractivity contribution < 1.29 is 9.47 Å². The Morgan fingerprint density at radius 2 is 1.57 bits per heavy atom. The minimum Gasteiger partial charge on any atom is -0.346 e. The molecule has 7 atom stereocenters. The highest BCUT2D eigenvalue weighted by molar-refractivity contribution is 14.1. The molecule has 0 aromatic heterocycles. The van der Waals surface area contributed by atoms with E-state index in [2.05, 4.69) is 105 Å². The summed E-state index contributed by atoms with van der Waals surface area (Å²) < 4.78 is 14.0. The molecule has 1 heterocycles. The molecule has 4 fully saturated rings. The van der Waals surface area contributed by atoms with Gasteiger partial charge in [-0.1, -0.05) is 91.0 Å². The predicted molar refractivity (Wildman–Crippen MR) is 128 cm³/mol. The van der Waals surface area contributed by atoms with Crippen LogP contribution in [0.25, 0.3) is 0 Å². The maximum Gasteiger partial charge on any atom is 0.163 e. The molecule has 158 valence electrons. The van der Waals surface area contributed by atoms with Crippen LogP contribution < -0.4 is 0 Å². The average molecular weight is 514 g/mol. The summed E-state index contributed by atoms with van der Waals surface area (Å²) in [6.07, 6.45) is 2.84. The second kappa shape index (κ2) is 6.32. The van der Waals surface area contributed by atoms with Crippen molar-refractivity contribution in [2.24, 2.45) is 17.3 Å². The van der Waals surface area contributed by atoms with Crippen molar-refractivity contribution in [3.63, 3.8) is 0 Å². The molecular formula is C27H31IO2. The lowest BCUT2D eigenvalue weighted by atomic mass is 9.36. The van der Waals surface area contributed by atoms with Gasteiger partial charge in [-0.2, -0.15) is 0 Å². The average Bonchev–Trinajstić information content (AvgIpc) is 2.72. The van der Waals surface area contributed by atoms with Gasteiger partial charge in [-0.3, -0.25) is 0 Å². The van der Waals surface area contributed by atoms with Crippen molar-refractivity contribution in [1.82, 2.24) is 0 Å². The SMILES string of the molecule is CC1(C)O[C@H]2C[C@H]3C[C@H](C3(C)C)[C@]23c2ccccc2[C@@H](c2ccccc2)[C@H](I)[C@H]3O1. The summed E-state index contributed by atoms with van der Waals surface area (Å²) in [5.41, 5.74) is 4.66. The van der Waals surface area contributed by atoms with Gasteiger partial charge in [-0.25, -0.2) is 0 Å². The smallest absolute Gasteiger partial charge is 0.163 e. The second-order valence-corrected chi connectivity index (χ2v) is 12.4. The Labute approximate surface area is 193 Å². The molecule has 0 amide bonds. The molecule has 4 aliphatic carbocycles. The number of halogens is 1. The highest BCUT2D eigenvalue weighted by Crippen LogP contribution is 2.72. The molecule has 30 heavy (non-hydrogen) atoms. The Hall–Kier alpha value is -0.910. The molecule has 2 aromatic rings. The van der Waals surface area contributed by atoms with E-state index in [9.17, 15) is 0 Å². The fourth-order valence-corrected chi connectivity index (χ4v) is 9.13. The maximum atomic E-state index is 6.92. The van der Waals surface area contributed by atoms with E-state index in [1.165, 1.54) is 23.1 Å². The Bertz CT molecular complexity index is 983. The summed E-state index contributed by atoms with van der Waals surface area (Å²) in [5, 5.41) is 0. The van der Waals surface area contributed by atoms with Gasteiger partial charge in [-0.05, 0) is 60.6 Å². The molecular weight excluding hydrogens is 483 g/mol. The number of benzene rings is 2. The molecule has 2 nitrogen and oxygen atoms in total. The molecule has 0 N–H and O–H groups in total. The molecule has 1 aliphatic heterocycles. The van der Waals surface area contributed by atoms with Crippen LogP contribution in [0.1, 0.15) is 63.1 Å². The van der Waals surface area contributed by atoms with Crippen LogP contribution in [0.5, 0.6) is 0 Å². The van der Waals surface area contributed by atoms with Crippen molar-refractivity contribution >= 4 is 22.6 Å². The van der Waals surface area contributed by atoms with E-state index in [0.717, 1.165) is 12.3 Å². The van der Waals surface area contributed by atoms with Crippen LogP contribution in [-0.2, 0) is 14.9 Å². The van der Waals surface area contributed by atoms with E-state index in [1.54, 1.807) is 0 Å². The third-order valence-corrected chi connectivity index (χ3v) is 10.3. The Morgan fingerprint density at radius 1 is 0.867 bits per heavy atom. The van der Waals surface area contributed by atoms with Crippen LogP contribution in [0.3, 0.4) is 0 Å². The van der Waals surface area contributed by atoms with E-state index in [-0.39, 0.29) is 17.6 Å². The van der Waals surface area contributed by atoms with Crippen LogP contribution in [-0.4, -0.2) is 21.9 Å². The summed E-state index contributed by atoms with van der Waals surface area (Å²) in [6, 6.07) is 20.3. The molecule has 0 radical (unpaired) electrons. The highest BCUT2D eigenvalue weighted by Gasteiger charge is 2.74. The Kier molecular flexibility index (Phi) is 4.16. The molecule has 2 aromatic carbocycles. The summed E-state index contributed by atoms with van der Waals surface area (Å²) in [5.74, 6) is 1.17. The molecule has 2 bridgehead atoms. The van der Waals surface area contributed by atoms with Crippen molar-refractivity contribution in [2.45, 2.75) is 73.8 Å². The first-order chi connectivity index (χ1) is 14.3. The predicted octanol–water partition coefficient (Wildman–Crippen LogP) is 6.46. The topological polar surface area (TPSA) is 18.5 Å². The number of hydrogen-bond acceptors (Lipinski definition) is 2. The summed E-state index contributed by atoms with van der Waals surface area (Å²) in [7, 11) is 0. The van der Waals surface area contributed by atoms with Crippen LogP contribution in [0.4, 0.5) is 0 Å². The fourth-order valence-electron chi connectivity index (χ4n) is 7.58. The van der Waals surface area contributed by atoms with Crippen molar-refractivity contribution in [3.05, 3.63) is 71.3 Å². The maximum absolute atomic E-state index is 6.92. The Morgan fingerprint density at radius 3 is 2.30 bits per heavy atom. The Balaban J connectivity index is 1.62. The van der Waals surface area contributed by atoms with E-state index in [0.29, 0.717) is 21.2 Å². The lowest BCUT2D eigenvalue weighted by molar-refractivity contribution is -0.374. The molecule has 0 unspecified atom stereocenters. The van der Waals surface area contributed by atoms with Crippen molar-refractivity contribution in [3.8, 4) is 0 Å². The molecule has 3 saturated carbocycles. The summed E-state index contributed by atoms with van der Waals surface area (Å²) in [4.78, 5) is 0. The minimum atomic E-state index is -0.538. The lowest BCUT2D eigenvalue weighted by Gasteiger charge is -2.73. The minimum absolute atomic E-state index is 0.0541. The van der Waals surface area contributed by atoms with Gasteiger partial charge in [0.05, 0.1) is 17.6 Å². The van der Waals surface area contributed by atoms with Gasteiger partial charge in [0.25, 0.3) is 0 Å². The normalized spacial score (nSPS) is 42.3. The van der Waals surface area contributed by atoms with E-state index in [4.69, 9.17) is 9.47 Å². The lowest BCUT2D eigenvalue weighted by Crippen LogP contribution is -2.77. The summed E-state index contributed by atoms with van der Waals surface area (Å²) >= 11 is 2.71. The van der Waals surface area contributed by atoms with Crippen molar-refractivity contribution in [1.29, 1.82) is 0 Å². The molecule has 3 heteroatoms. The van der Waals surface area contributed by atoms with Gasteiger partial charge < -0.3 is 9.47 Å². The fraction of sp³-hybridized carbons (Fsp3) is 0.556. The zero-order chi connectivity index (χ0) is 20.9. The zero-order valence-corrected chi connectivity index (χ0v) is 20.4. The summed E-state index contributed by atoms with van der Waals surface area (Å²) in [6.45, 7) is 9.21. The van der Waals surface area contributed by atoms with E-state index in [1.807, 2.05) is 0 Å². The van der Waals surface area contributed by atoms with Gasteiger partial charge in [0.2, 0.25) is 0 Å². The van der Waals surface area contributed by atoms with Crippen LogP contribution in [0.2, 0.25) is 0 Å². The first-order valence-electron chi connectivity index (χ1n) is 11.4. The molecule has 1 spiro atoms. The zero-order valence-electron chi connectivity index (χ0n) is 18.3. The number of hydrogen-bond donors (Lipinski definition) is 0. The standard InChI is InChI=1S/C27H31IO2/c1-25(2)17-14-20(25)27-19-13-9-8-12-18(19)22(16-10-6-5-7-11-16)23(28)24(27)30-26(3,4)29-21(27)15-17/h5-13,17,20-24H,14-15H2,1-4H3/t17-,20-,21+,22-,23+,24-,27-/m1/s1. The third kappa shape index (κ3) is 2.38. The largest absolute Gasteiger partial charge is 0.346 e. The van der Waals surface area contributed by atoms with E-state index >= 15 is 0 Å². The van der Waals surface area contributed by atoms with Gasteiger partial charge in [0.1, 0.15) is 0 Å². The number of rotatable bonds is 1. The van der Waals surface area contributed by atoms with Gasteiger partial charge >= 0.3 is 0 Å². The molecule has 7 rings (SSSR count).